The molecule has 12 heteroatoms. The number of rotatable bonds is 4. The van der Waals surface area contributed by atoms with Crippen LogP contribution < -0.4 is 11.1 Å². The van der Waals surface area contributed by atoms with Crippen LogP contribution in [-0.2, 0) is 16.9 Å². The lowest BCUT2D eigenvalue weighted by Gasteiger charge is -2.18. The van der Waals surface area contributed by atoms with Crippen LogP contribution in [0.1, 0.15) is 39.8 Å². The highest BCUT2D eigenvalue weighted by molar-refractivity contribution is 6.01. The Morgan fingerprint density at radius 1 is 1.18 bits per heavy atom. The molecular formula is C22H14F5N5O2. The van der Waals surface area contributed by atoms with Gasteiger partial charge in [0.25, 0.3) is 11.8 Å². The minimum atomic E-state index is -5.11. The van der Waals surface area contributed by atoms with Crippen LogP contribution in [0.15, 0.2) is 42.7 Å². The van der Waals surface area contributed by atoms with Gasteiger partial charge >= 0.3 is 6.18 Å². The lowest BCUT2D eigenvalue weighted by molar-refractivity contribution is -0.143. The van der Waals surface area contributed by atoms with Crippen LogP contribution in [0.25, 0.3) is 28.7 Å². The average molecular weight is 475 g/mol. The molecular weight excluding hydrogens is 461 g/mol. The molecule has 1 aliphatic rings. The number of hydrogen-bond acceptors (Lipinski definition) is 5. The number of nitrogens with zero attached hydrogens (tertiary/aromatic N) is 3. The zero-order chi connectivity index (χ0) is 24.8. The number of aromatic nitrogens is 3. The maximum absolute atomic E-state index is 14.2. The molecule has 4 rings (SSSR count). The number of nitrogens with two attached hydrogens (primary N) is 1. The molecule has 0 fully saturated rings. The lowest BCUT2D eigenvalue weighted by Crippen LogP contribution is -2.22. The highest BCUT2D eigenvalue weighted by atomic mass is 19.4. The molecule has 3 N–H and O–H groups in total. The molecule has 0 atom stereocenters. The Kier molecular flexibility index (Phi) is 5.33. The van der Waals surface area contributed by atoms with Gasteiger partial charge in [0.1, 0.15) is 17.1 Å². The lowest BCUT2D eigenvalue weighted by atomic mass is 10.00. The Balaban J connectivity index is 2.08. The van der Waals surface area contributed by atoms with Gasteiger partial charge < -0.3 is 11.1 Å². The molecule has 2 aromatic heterocycles. The minimum Gasteiger partial charge on any atom is -0.365 e. The summed E-state index contributed by atoms with van der Waals surface area (Å²) in [5.74, 6) is -3.18. The second kappa shape index (κ2) is 7.92. The summed E-state index contributed by atoms with van der Waals surface area (Å²) in [6.07, 6.45) is -1.39. The van der Waals surface area contributed by atoms with Crippen molar-refractivity contribution in [3.8, 4) is 16.9 Å². The van der Waals surface area contributed by atoms with E-state index in [9.17, 15) is 31.5 Å². The van der Waals surface area contributed by atoms with Gasteiger partial charge in [-0.15, -0.1) is 0 Å². The number of nitrogens with one attached hydrogen (secondary N) is 1. The fourth-order valence-electron chi connectivity index (χ4n) is 3.61. The maximum Gasteiger partial charge on any atom is 0.434 e. The summed E-state index contributed by atoms with van der Waals surface area (Å²) in [4.78, 5) is 27.0. The summed E-state index contributed by atoms with van der Waals surface area (Å²) in [6.45, 7) is 0.572. The third-order valence-corrected chi connectivity index (χ3v) is 5.04. The molecule has 0 spiro atoms. The predicted octanol–water partition coefficient (Wildman–Crippen LogP) is 3.91. The number of alkyl halides is 5. The number of amides is 1. The zero-order valence-electron chi connectivity index (χ0n) is 17.2. The van der Waals surface area contributed by atoms with E-state index in [0.29, 0.717) is 11.6 Å². The highest BCUT2D eigenvalue weighted by Gasteiger charge is 2.43. The monoisotopic (exact) mass is 475 g/mol. The number of fused-ring (bicyclic) bond motifs is 1. The van der Waals surface area contributed by atoms with Crippen molar-refractivity contribution < 1.29 is 31.5 Å². The van der Waals surface area contributed by atoms with Gasteiger partial charge in [-0.1, -0.05) is 12.1 Å². The number of primary amides is 1. The van der Waals surface area contributed by atoms with Crippen molar-refractivity contribution in [2.45, 2.75) is 19.0 Å². The average Bonchev–Trinajstić information content (AvgIpc) is 3.19. The van der Waals surface area contributed by atoms with Gasteiger partial charge in [-0.05, 0) is 24.3 Å². The van der Waals surface area contributed by atoms with Gasteiger partial charge in [0.05, 0.1) is 11.3 Å². The summed E-state index contributed by atoms with van der Waals surface area (Å²) in [5, 5.41) is 6.62. The molecule has 0 aliphatic carbocycles. The molecule has 0 unspecified atom stereocenters. The second-order valence-corrected chi connectivity index (χ2v) is 7.36. The van der Waals surface area contributed by atoms with E-state index < -0.39 is 40.7 Å². The van der Waals surface area contributed by atoms with Crippen molar-refractivity contribution in [3.05, 3.63) is 70.8 Å². The first kappa shape index (κ1) is 22.9. The Bertz CT molecular complexity index is 1400. The predicted molar refractivity (Wildman–Crippen MR) is 111 cm³/mol. The number of benzene rings is 1. The summed E-state index contributed by atoms with van der Waals surface area (Å²) >= 11 is 0. The Morgan fingerprint density at radius 3 is 2.53 bits per heavy atom. The van der Waals surface area contributed by atoms with Gasteiger partial charge in [-0.25, -0.2) is 9.48 Å². The van der Waals surface area contributed by atoms with Gasteiger partial charge in [-0.3, -0.25) is 9.78 Å². The van der Waals surface area contributed by atoms with E-state index in [1.54, 1.807) is 5.94 Å². The van der Waals surface area contributed by atoms with Gasteiger partial charge in [0.2, 0.25) is 0 Å². The van der Waals surface area contributed by atoms with Crippen molar-refractivity contribution in [1.82, 2.24) is 20.1 Å². The van der Waals surface area contributed by atoms with E-state index in [1.807, 2.05) is 0 Å². The molecule has 174 valence electrons. The summed E-state index contributed by atoms with van der Waals surface area (Å²) in [5.41, 5.74) is 1.64. The fraction of sp³-hybridized carbons (Fsp3) is 0.136. The molecule has 7 nitrogen and oxygen atoms in total. The molecule has 0 saturated carbocycles. The van der Waals surface area contributed by atoms with Gasteiger partial charge in [-0.2, -0.15) is 27.1 Å². The van der Waals surface area contributed by atoms with E-state index in [-0.39, 0.29) is 28.1 Å². The summed E-state index contributed by atoms with van der Waals surface area (Å²) < 4.78 is 70.8. The van der Waals surface area contributed by atoms with Crippen LogP contribution in [0.4, 0.5) is 22.0 Å². The Morgan fingerprint density at radius 2 is 1.91 bits per heavy atom. The number of carbonyl (C=O) groups is 1. The first-order chi connectivity index (χ1) is 15.9. The third-order valence-electron chi connectivity index (χ3n) is 5.04. The third kappa shape index (κ3) is 3.84. The van der Waals surface area contributed by atoms with Crippen LogP contribution in [-0.4, -0.2) is 26.6 Å². The van der Waals surface area contributed by atoms with Crippen LogP contribution in [0.2, 0.25) is 0 Å². The standard InChI is InChI=1S/C22H14F5N5O2/c1-21(23,24)16-9-11(5-7-30-16)18-17(20(28)34)19(22(25,26)27)32(31-18)15-4-2-3-12-13(15)6-8-29-14(12)10-33/h2-9,29H,1H3,(H2,28,34). The van der Waals surface area contributed by atoms with Gasteiger partial charge in [0, 0.05) is 36.0 Å². The van der Waals surface area contributed by atoms with Crippen molar-refractivity contribution in [1.29, 1.82) is 0 Å². The zero-order valence-corrected chi connectivity index (χ0v) is 17.2. The second-order valence-electron chi connectivity index (χ2n) is 7.36. The van der Waals surface area contributed by atoms with Gasteiger partial charge in [0.15, 0.2) is 11.6 Å². The summed E-state index contributed by atoms with van der Waals surface area (Å²) in [7, 11) is 0. The Hall–Kier alpha value is -4.31. The van der Waals surface area contributed by atoms with E-state index in [0.717, 1.165) is 18.3 Å². The molecule has 0 saturated heterocycles. The largest absolute Gasteiger partial charge is 0.434 e. The normalized spacial score (nSPS) is 13.3. The van der Waals surface area contributed by atoms with Crippen LogP contribution >= 0.6 is 0 Å². The first-order valence-corrected chi connectivity index (χ1v) is 9.60. The molecule has 1 aromatic carbocycles. The Labute approximate surface area is 188 Å². The molecule has 3 aromatic rings. The minimum absolute atomic E-state index is 0.0145. The molecule has 1 aliphatic heterocycles. The first-order valence-electron chi connectivity index (χ1n) is 9.60. The highest BCUT2D eigenvalue weighted by Crippen LogP contribution is 2.40. The molecule has 0 radical (unpaired) electrons. The fourth-order valence-corrected chi connectivity index (χ4v) is 3.61. The number of pyridine rings is 1. The number of carbonyl (C=O) groups excluding carboxylic acids is 2. The number of hydrogen-bond donors (Lipinski definition) is 2. The van der Waals surface area contributed by atoms with Crippen molar-refractivity contribution >= 4 is 23.6 Å². The van der Waals surface area contributed by atoms with Crippen LogP contribution in [0.5, 0.6) is 0 Å². The SMILES string of the molecule is CC(F)(F)c1cc(-c2nn(-c3cccc4c3C=CNC4=C=O)c(C(F)(F)F)c2C(N)=O)ccn1. The summed E-state index contributed by atoms with van der Waals surface area (Å²) in [6, 6.07) is 6.16. The van der Waals surface area contributed by atoms with Crippen molar-refractivity contribution in [2.75, 3.05) is 0 Å². The van der Waals surface area contributed by atoms with Crippen LogP contribution in [0.3, 0.4) is 0 Å². The van der Waals surface area contributed by atoms with Crippen molar-refractivity contribution in [3.63, 3.8) is 0 Å². The topological polar surface area (TPSA) is 103 Å². The van der Waals surface area contributed by atoms with E-state index in [4.69, 9.17) is 5.73 Å². The van der Waals surface area contributed by atoms with Crippen LogP contribution in [0, 0.1) is 0 Å². The van der Waals surface area contributed by atoms with E-state index in [1.165, 1.54) is 30.5 Å². The van der Waals surface area contributed by atoms with E-state index in [2.05, 4.69) is 15.4 Å². The van der Waals surface area contributed by atoms with Crippen molar-refractivity contribution in [2.24, 2.45) is 5.73 Å². The van der Waals surface area contributed by atoms with E-state index >= 15 is 0 Å². The molecule has 1 amide bonds. The number of halogens is 5. The molecule has 3 heterocycles. The quantitative estimate of drug-likeness (QED) is 0.440. The molecule has 0 bridgehead atoms. The molecule has 34 heavy (non-hydrogen) atoms. The smallest absolute Gasteiger partial charge is 0.365 e. The maximum atomic E-state index is 14.2.